The molecule has 0 aromatic heterocycles. The Labute approximate surface area is 126 Å². The molecule has 0 spiro atoms. The topological polar surface area (TPSA) is 56.8 Å². The lowest BCUT2D eigenvalue weighted by Gasteiger charge is -2.44. The predicted molar refractivity (Wildman–Crippen MR) is 81.4 cm³/mol. The first-order chi connectivity index (χ1) is 9.93. The van der Waals surface area contributed by atoms with Crippen molar-refractivity contribution in [1.29, 1.82) is 0 Å². The highest BCUT2D eigenvalue weighted by Gasteiger charge is 2.34. The Kier molecular flexibility index (Phi) is 4.69. The van der Waals surface area contributed by atoms with Crippen molar-refractivity contribution >= 4 is 6.03 Å². The van der Waals surface area contributed by atoms with Gasteiger partial charge in [-0.15, -0.1) is 0 Å². The largest absolute Gasteiger partial charge is 0.497 e. The molecular formula is C15H24N4O2. The molecule has 6 nitrogen and oxygen atoms in total. The van der Waals surface area contributed by atoms with E-state index in [0.29, 0.717) is 0 Å². The number of urea groups is 1. The first-order valence-corrected chi connectivity index (χ1v) is 7.22. The minimum atomic E-state index is -0.154. The van der Waals surface area contributed by atoms with E-state index in [-0.39, 0.29) is 24.3 Å². The highest BCUT2D eigenvalue weighted by atomic mass is 16.5. The molecule has 2 N–H and O–H groups in total. The van der Waals surface area contributed by atoms with Crippen molar-refractivity contribution in [2.45, 2.75) is 45.9 Å². The maximum atomic E-state index is 12.4. The number of carbonyl (C=O) groups is 1. The number of rotatable bonds is 4. The molecule has 116 valence electrons. The van der Waals surface area contributed by atoms with Crippen LogP contribution >= 0.6 is 0 Å². The van der Waals surface area contributed by atoms with Crippen LogP contribution in [0.3, 0.4) is 0 Å². The smallest absolute Gasteiger partial charge is 0.349 e. The van der Waals surface area contributed by atoms with Gasteiger partial charge in [-0.1, -0.05) is 12.1 Å². The fraction of sp³-hybridized carbons (Fsp3) is 0.533. The molecule has 0 radical (unpaired) electrons. The molecular weight excluding hydrogens is 268 g/mol. The van der Waals surface area contributed by atoms with Crippen LogP contribution in [0.2, 0.25) is 0 Å². The van der Waals surface area contributed by atoms with E-state index in [1.165, 1.54) is 0 Å². The van der Waals surface area contributed by atoms with Gasteiger partial charge < -0.3 is 4.74 Å². The SMILES string of the molecule is COc1ccc(C2NN(C(C)C)C(=O)N(C(C)C)N2)cc1. The third-order valence-electron chi connectivity index (χ3n) is 3.43. The van der Waals surface area contributed by atoms with Gasteiger partial charge in [0, 0.05) is 12.1 Å². The highest BCUT2D eigenvalue weighted by Crippen LogP contribution is 2.21. The molecule has 6 heteroatoms. The molecule has 0 bridgehead atoms. The molecule has 21 heavy (non-hydrogen) atoms. The number of hydrogen-bond donors (Lipinski definition) is 2. The van der Waals surface area contributed by atoms with Crippen LogP contribution in [0.25, 0.3) is 0 Å². The van der Waals surface area contributed by atoms with Gasteiger partial charge in [0.25, 0.3) is 0 Å². The number of hydrazine groups is 2. The summed E-state index contributed by atoms with van der Waals surface area (Å²) in [6.45, 7) is 7.94. The molecule has 1 aromatic carbocycles. The Hall–Kier alpha value is -1.79. The zero-order valence-electron chi connectivity index (χ0n) is 13.3. The second-order valence-electron chi connectivity index (χ2n) is 5.67. The monoisotopic (exact) mass is 292 g/mol. The van der Waals surface area contributed by atoms with E-state index in [1.807, 2.05) is 52.0 Å². The molecule has 1 aliphatic rings. The average molecular weight is 292 g/mol. The van der Waals surface area contributed by atoms with Gasteiger partial charge in [-0.3, -0.25) is 10.0 Å². The van der Waals surface area contributed by atoms with E-state index < -0.39 is 0 Å². The number of nitrogens with zero attached hydrogens (tertiary/aromatic N) is 2. The summed E-state index contributed by atoms with van der Waals surface area (Å²) in [5.41, 5.74) is 7.50. The third kappa shape index (κ3) is 3.28. The lowest BCUT2D eigenvalue weighted by atomic mass is 10.1. The quantitative estimate of drug-likeness (QED) is 0.894. The van der Waals surface area contributed by atoms with Crippen LogP contribution in [0.5, 0.6) is 5.75 Å². The van der Waals surface area contributed by atoms with Crippen molar-refractivity contribution in [2.24, 2.45) is 0 Å². The van der Waals surface area contributed by atoms with Crippen LogP contribution in [0.4, 0.5) is 4.79 Å². The molecule has 0 aliphatic carbocycles. The van der Waals surface area contributed by atoms with Gasteiger partial charge in [0.1, 0.15) is 11.9 Å². The summed E-state index contributed by atoms with van der Waals surface area (Å²) in [6, 6.07) is 7.86. The molecule has 2 amide bonds. The zero-order valence-corrected chi connectivity index (χ0v) is 13.3. The lowest BCUT2D eigenvalue weighted by molar-refractivity contribution is 0.00379. The van der Waals surface area contributed by atoms with Crippen LogP contribution in [0.1, 0.15) is 39.4 Å². The Balaban J connectivity index is 2.24. The number of amides is 2. The second-order valence-corrected chi connectivity index (χ2v) is 5.67. The molecule has 1 saturated heterocycles. The van der Waals surface area contributed by atoms with E-state index in [4.69, 9.17) is 4.74 Å². The number of nitrogens with one attached hydrogen (secondary N) is 2. The van der Waals surface area contributed by atoms with Gasteiger partial charge in [0.05, 0.1) is 7.11 Å². The Bertz CT molecular complexity index is 467. The number of hydrogen-bond acceptors (Lipinski definition) is 4. The number of carbonyl (C=O) groups excluding carboxylic acids is 1. The maximum Gasteiger partial charge on any atom is 0.349 e. The molecule has 0 unspecified atom stereocenters. The first kappa shape index (κ1) is 15.6. The van der Waals surface area contributed by atoms with Crippen molar-refractivity contribution < 1.29 is 9.53 Å². The van der Waals surface area contributed by atoms with E-state index in [0.717, 1.165) is 11.3 Å². The van der Waals surface area contributed by atoms with E-state index >= 15 is 0 Å². The molecule has 1 aliphatic heterocycles. The summed E-state index contributed by atoms with van der Waals surface area (Å²) in [5, 5.41) is 3.32. The van der Waals surface area contributed by atoms with Crippen LogP contribution in [-0.2, 0) is 0 Å². The fourth-order valence-corrected chi connectivity index (χ4v) is 2.22. The van der Waals surface area contributed by atoms with E-state index in [1.54, 1.807) is 17.1 Å². The van der Waals surface area contributed by atoms with Gasteiger partial charge >= 0.3 is 6.03 Å². The summed E-state index contributed by atoms with van der Waals surface area (Å²) < 4.78 is 5.18. The molecule has 1 aromatic rings. The molecule has 1 fully saturated rings. The van der Waals surface area contributed by atoms with Crippen molar-refractivity contribution in [3.63, 3.8) is 0 Å². The van der Waals surface area contributed by atoms with Gasteiger partial charge in [-0.05, 0) is 45.4 Å². The first-order valence-electron chi connectivity index (χ1n) is 7.22. The molecule has 0 saturated carbocycles. The van der Waals surface area contributed by atoms with Crippen LogP contribution in [-0.4, -0.2) is 35.2 Å². The highest BCUT2D eigenvalue weighted by molar-refractivity contribution is 5.74. The summed E-state index contributed by atoms with van der Waals surface area (Å²) in [5.74, 6) is 0.812. The van der Waals surface area contributed by atoms with Crippen LogP contribution < -0.4 is 15.6 Å². The predicted octanol–water partition coefficient (Wildman–Crippen LogP) is 2.26. The Morgan fingerprint density at radius 1 is 1.00 bits per heavy atom. The van der Waals surface area contributed by atoms with Crippen molar-refractivity contribution in [3.8, 4) is 5.75 Å². The van der Waals surface area contributed by atoms with Crippen LogP contribution in [0, 0.1) is 0 Å². The standard InChI is InChI=1S/C15H24N4O2/c1-10(2)18-15(20)19(11(3)4)17-14(16-18)12-6-8-13(21-5)9-7-12/h6-11,14,16-17H,1-5H3. The zero-order chi connectivity index (χ0) is 15.6. The summed E-state index contributed by atoms with van der Waals surface area (Å²) in [6.07, 6.45) is -0.154. The lowest BCUT2D eigenvalue weighted by Crippen LogP contribution is -2.67. The Morgan fingerprint density at radius 3 is 1.86 bits per heavy atom. The normalized spacial score (nSPS) is 17.0. The molecule has 0 atom stereocenters. The summed E-state index contributed by atoms with van der Waals surface area (Å²) in [4.78, 5) is 12.4. The van der Waals surface area contributed by atoms with Gasteiger partial charge in [0.2, 0.25) is 0 Å². The van der Waals surface area contributed by atoms with Gasteiger partial charge in [0.15, 0.2) is 0 Å². The summed E-state index contributed by atoms with van der Waals surface area (Å²) in [7, 11) is 1.64. The van der Waals surface area contributed by atoms with E-state index in [9.17, 15) is 4.79 Å². The van der Waals surface area contributed by atoms with Crippen LogP contribution in [0.15, 0.2) is 24.3 Å². The Morgan fingerprint density at radius 2 is 1.48 bits per heavy atom. The van der Waals surface area contributed by atoms with Crippen molar-refractivity contribution in [2.75, 3.05) is 7.11 Å². The second kappa shape index (κ2) is 6.32. The minimum absolute atomic E-state index is 0.0650. The average Bonchev–Trinajstić information content (AvgIpc) is 2.47. The molecule has 2 rings (SSSR count). The summed E-state index contributed by atoms with van der Waals surface area (Å²) >= 11 is 0. The van der Waals surface area contributed by atoms with Crippen molar-refractivity contribution in [3.05, 3.63) is 29.8 Å². The van der Waals surface area contributed by atoms with Gasteiger partial charge in [-0.2, -0.15) is 0 Å². The van der Waals surface area contributed by atoms with Gasteiger partial charge in [-0.25, -0.2) is 15.6 Å². The van der Waals surface area contributed by atoms with Crippen molar-refractivity contribution in [1.82, 2.24) is 20.9 Å². The fourth-order valence-electron chi connectivity index (χ4n) is 2.22. The van der Waals surface area contributed by atoms with E-state index in [2.05, 4.69) is 10.9 Å². The number of methoxy groups -OCH3 is 1. The minimum Gasteiger partial charge on any atom is -0.497 e. The number of benzene rings is 1. The molecule has 1 heterocycles. The third-order valence-corrected chi connectivity index (χ3v) is 3.43. The number of ether oxygens (including phenoxy) is 1. The maximum absolute atomic E-state index is 12.4.